The second kappa shape index (κ2) is 7.09. The Morgan fingerprint density at radius 2 is 1.46 bits per heavy atom. The van der Waals surface area contributed by atoms with Crippen molar-refractivity contribution in [1.82, 2.24) is 0 Å². The second-order valence-electron chi connectivity index (χ2n) is 5.53. The third-order valence-electron chi connectivity index (χ3n) is 3.97. The zero-order chi connectivity index (χ0) is 16.9. The first-order chi connectivity index (χ1) is 11.7. The van der Waals surface area contributed by atoms with E-state index in [-0.39, 0.29) is 5.97 Å². The van der Waals surface area contributed by atoms with Crippen LogP contribution in [0.4, 0.5) is 0 Å². The number of nitrogens with zero attached hydrogens (tertiary/aromatic N) is 1. The molecule has 24 heavy (non-hydrogen) atoms. The van der Waals surface area contributed by atoms with E-state index in [2.05, 4.69) is 6.07 Å². The van der Waals surface area contributed by atoms with Gasteiger partial charge in [0.15, 0.2) is 0 Å². The van der Waals surface area contributed by atoms with Crippen LogP contribution in [0.5, 0.6) is 0 Å². The van der Waals surface area contributed by atoms with E-state index in [1.54, 1.807) is 0 Å². The van der Waals surface area contributed by atoms with Gasteiger partial charge in [-0.2, -0.15) is 4.57 Å². The van der Waals surface area contributed by atoms with Gasteiger partial charge in [0.05, 0.1) is 6.61 Å². The molecule has 0 N–H and O–H groups in total. The van der Waals surface area contributed by atoms with Gasteiger partial charge >= 0.3 is 5.97 Å². The van der Waals surface area contributed by atoms with Gasteiger partial charge in [-0.05, 0) is 30.2 Å². The first-order valence-electron chi connectivity index (χ1n) is 8.02. The SMILES string of the molecule is CCOC(=O)c1cc(-c2ccccc2)cc(-c2ccccc2)[n+]1C. The van der Waals surface area contributed by atoms with Crippen LogP contribution in [-0.2, 0) is 11.8 Å². The molecule has 0 unspecified atom stereocenters. The summed E-state index contributed by atoms with van der Waals surface area (Å²) < 4.78 is 7.12. The van der Waals surface area contributed by atoms with Gasteiger partial charge in [-0.25, -0.2) is 4.79 Å². The molecule has 3 aromatic rings. The Balaban J connectivity index is 2.21. The number of esters is 1. The Kier molecular flexibility index (Phi) is 4.71. The highest BCUT2D eigenvalue weighted by Crippen LogP contribution is 2.25. The van der Waals surface area contributed by atoms with Crippen LogP contribution >= 0.6 is 0 Å². The Morgan fingerprint density at radius 3 is 2.04 bits per heavy atom. The van der Waals surface area contributed by atoms with Gasteiger partial charge in [-0.1, -0.05) is 48.5 Å². The molecule has 1 heterocycles. The summed E-state index contributed by atoms with van der Waals surface area (Å²) in [4.78, 5) is 12.4. The number of hydrogen-bond donors (Lipinski definition) is 0. The third-order valence-corrected chi connectivity index (χ3v) is 3.97. The van der Waals surface area contributed by atoms with Gasteiger partial charge in [-0.15, -0.1) is 0 Å². The highest BCUT2D eigenvalue weighted by molar-refractivity contribution is 5.88. The summed E-state index contributed by atoms with van der Waals surface area (Å²) in [6, 6.07) is 24.1. The van der Waals surface area contributed by atoms with E-state index < -0.39 is 0 Å². The maximum Gasteiger partial charge on any atom is 0.403 e. The number of carbonyl (C=O) groups excluding carboxylic acids is 1. The molecular weight excluding hydrogens is 298 g/mol. The summed E-state index contributed by atoms with van der Waals surface area (Å²) >= 11 is 0. The molecule has 0 fully saturated rings. The minimum absolute atomic E-state index is 0.310. The van der Waals surface area contributed by atoms with E-state index in [1.165, 1.54) is 0 Å². The molecule has 0 aliphatic carbocycles. The molecule has 0 radical (unpaired) electrons. The topological polar surface area (TPSA) is 30.2 Å². The monoisotopic (exact) mass is 318 g/mol. The van der Waals surface area contributed by atoms with Crippen LogP contribution in [-0.4, -0.2) is 12.6 Å². The lowest BCUT2D eigenvalue weighted by molar-refractivity contribution is -0.663. The van der Waals surface area contributed by atoms with Crippen LogP contribution < -0.4 is 4.57 Å². The average Bonchev–Trinajstić information content (AvgIpc) is 2.63. The van der Waals surface area contributed by atoms with Crippen molar-refractivity contribution < 1.29 is 14.1 Å². The Labute approximate surface area is 142 Å². The Morgan fingerprint density at radius 1 is 0.875 bits per heavy atom. The van der Waals surface area contributed by atoms with E-state index in [4.69, 9.17) is 4.74 Å². The zero-order valence-electron chi connectivity index (χ0n) is 13.9. The van der Waals surface area contributed by atoms with Crippen molar-refractivity contribution in [2.75, 3.05) is 6.61 Å². The van der Waals surface area contributed by atoms with Crippen molar-refractivity contribution in [3.05, 3.63) is 78.5 Å². The van der Waals surface area contributed by atoms with Crippen LogP contribution in [0.1, 0.15) is 17.4 Å². The normalized spacial score (nSPS) is 10.4. The highest BCUT2D eigenvalue weighted by atomic mass is 16.5. The fourth-order valence-electron chi connectivity index (χ4n) is 2.74. The Bertz CT molecular complexity index is 842. The molecular formula is C21H20NO2+. The molecule has 3 heteroatoms. The van der Waals surface area contributed by atoms with Crippen molar-refractivity contribution >= 4 is 5.97 Å². The predicted molar refractivity (Wildman–Crippen MR) is 94.4 cm³/mol. The van der Waals surface area contributed by atoms with Gasteiger partial charge in [-0.3, -0.25) is 0 Å². The van der Waals surface area contributed by atoms with E-state index in [0.717, 1.165) is 22.4 Å². The number of benzene rings is 2. The average molecular weight is 318 g/mol. The van der Waals surface area contributed by atoms with Gasteiger partial charge in [0.25, 0.3) is 5.69 Å². The molecule has 0 aliphatic heterocycles. The number of ether oxygens (including phenoxy) is 1. The molecule has 0 saturated heterocycles. The molecule has 0 aliphatic rings. The van der Waals surface area contributed by atoms with Gasteiger partial charge in [0.2, 0.25) is 5.69 Å². The number of aromatic nitrogens is 1. The van der Waals surface area contributed by atoms with E-state index in [1.807, 2.05) is 85.3 Å². The van der Waals surface area contributed by atoms with Crippen LogP contribution in [0.2, 0.25) is 0 Å². The summed E-state index contributed by atoms with van der Waals surface area (Å²) in [7, 11) is 1.89. The fourth-order valence-corrected chi connectivity index (χ4v) is 2.74. The van der Waals surface area contributed by atoms with Gasteiger partial charge < -0.3 is 4.74 Å². The highest BCUT2D eigenvalue weighted by Gasteiger charge is 2.24. The lowest BCUT2D eigenvalue weighted by Gasteiger charge is -2.09. The minimum Gasteiger partial charge on any atom is -0.458 e. The van der Waals surface area contributed by atoms with Crippen molar-refractivity contribution in [3.8, 4) is 22.4 Å². The van der Waals surface area contributed by atoms with Crippen LogP contribution in [0.25, 0.3) is 22.4 Å². The summed E-state index contributed by atoms with van der Waals surface area (Å²) in [5.41, 5.74) is 4.64. The maximum atomic E-state index is 12.4. The summed E-state index contributed by atoms with van der Waals surface area (Å²) in [6.07, 6.45) is 0. The number of pyridine rings is 1. The van der Waals surface area contributed by atoms with Crippen molar-refractivity contribution in [3.63, 3.8) is 0 Å². The Hall–Kier alpha value is -2.94. The molecule has 0 bridgehead atoms. The zero-order valence-corrected chi connectivity index (χ0v) is 13.9. The quantitative estimate of drug-likeness (QED) is 0.537. The first-order valence-corrected chi connectivity index (χ1v) is 8.02. The lowest BCUT2D eigenvalue weighted by atomic mass is 10.0. The lowest BCUT2D eigenvalue weighted by Crippen LogP contribution is -2.39. The number of rotatable bonds is 4. The third kappa shape index (κ3) is 3.20. The molecule has 0 saturated carbocycles. The van der Waals surface area contributed by atoms with E-state index in [9.17, 15) is 4.79 Å². The predicted octanol–water partition coefficient (Wildman–Crippen LogP) is 4.02. The molecule has 0 amide bonds. The van der Waals surface area contributed by atoms with E-state index >= 15 is 0 Å². The summed E-state index contributed by atoms with van der Waals surface area (Å²) in [6.45, 7) is 2.17. The fraction of sp³-hybridized carbons (Fsp3) is 0.143. The van der Waals surface area contributed by atoms with Crippen molar-refractivity contribution in [1.29, 1.82) is 0 Å². The first kappa shape index (κ1) is 15.9. The van der Waals surface area contributed by atoms with Crippen LogP contribution in [0, 0.1) is 0 Å². The maximum absolute atomic E-state index is 12.4. The number of carbonyl (C=O) groups is 1. The second-order valence-corrected chi connectivity index (χ2v) is 5.53. The molecule has 2 aromatic carbocycles. The summed E-state index contributed by atoms with van der Waals surface area (Å²) in [5.74, 6) is -0.310. The van der Waals surface area contributed by atoms with Crippen molar-refractivity contribution in [2.45, 2.75) is 6.92 Å². The largest absolute Gasteiger partial charge is 0.458 e. The molecule has 0 spiro atoms. The molecule has 3 nitrogen and oxygen atoms in total. The van der Waals surface area contributed by atoms with E-state index in [0.29, 0.717) is 12.3 Å². The molecule has 0 atom stereocenters. The molecule has 3 rings (SSSR count). The molecule has 120 valence electrons. The minimum atomic E-state index is -0.310. The van der Waals surface area contributed by atoms with Crippen molar-refractivity contribution in [2.24, 2.45) is 7.05 Å². The molecule has 1 aromatic heterocycles. The smallest absolute Gasteiger partial charge is 0.403 e. The number of hydrogen-bond acceptors (Lipinski definition) is 2. The van der Waals surface area contributed by atoms with Gasteiger partial charge in [0, 0.05) is 17.7 Å². The van der Waals surface area contributed by atoms with Gasteiger partial charge in [0.1, 0.15) is 7.05 Å². The van der Waals surface area contributed by atoms with Crippen LogP contribution in [0.3, 0.4) is 0 Å². The summed E-state index contributed by atoms with van der Waals surface area (Å²) in [5, 5.41) is 0. The standard InChI is InChI=1S/C21H20NO2/c1-3-24-21(23)20-15-18(16-10-6-4-7-11-16)14-19(22(20)2)17-12-8-5-9-13-17/h4-15H,3H2,1-2H3/q+1. The van der Waals surface area contributed by atoms with Crippen LogP contribution in [0.15, 0.2) is 72.8 Å².